The fraction of sp³-hybridized carbons (Fsp3) is 0.565. The zero-order valence-electron chi connectivity index (χ0n) is 19.4. The van der Waals surface area contributed by atoms with Crippen LogP contribution in [0, 0.1) is 0 Å². The number of anilines is 2. The van der Waals surface area contributed by atoms with Gasteiger partial charge < -0.3 is 15.4 Å². The number of fused-ring (bicyclic) bond motifs is 1. The molecule has 0 unspecified atom stereocenters. The van der Waals surface area contributed by atoms with Crippen molar-refractivity contribution < 1.29 is 13.9 Å². The van der Waals surface area contributed by atoms with E-state index in [4.69, 9.17) is 4.74 Å². The molecule has 3 aromatic heterocycles. The largest absolute Gasteiger partial charge is 0.443 e. The maximum Gasteiger partial charge on any atom is 0.407 e. The molecular formula is C23H30FN7O2. The molecule has 0 saturated heterocycles. The Balaban J connectivity index is 1.27. The van der Waals surface area contributed by atoms with Crippen LogP contribution in [0.1, 0.15) is 70.7 Å². The molecule has 0 spiro atoms. The highest BCUT2D eigenvalue weighted by Gasteiger charge is 2.43. The molecule has 2 saturated carbocycles. The third-order valence-corrected chi connectivity index (χ3v) is 6.57. The van der Waals surface area contributed by atoms with Crippen molar-refractivity contribution in [2.75, 3.05) is 5.32 Å². The van der Waals surface area contributed by atoms with Crippen LogP contribution < -0.4 is 10.6 Å². The van der Waals surface area contributed by atoms with Crippen molar-refractivity contribution in [3.05, 3.63) is 35.9 Å². The normalized spacial score (nSPS) is 24.1. The molecule has 176 valence electrons. The van der Waals surface area contributed by atoms with E-state index >= 15 is 4.39 Å². The molecule has 3 atom stereocenters. The third kappa shape index (κ3) is 4.38. The molecule has 2 fully saturated rings. The van der Waals surface area contributed by atoms with Crippen LogP contribution in [-0.2, 0) is 10.2 Å². The molecule has 3 heterocycles. The quantitative estimate of drug-likeness (QED) is 0.528. The van der Waals surface area contributed by atoms with Crippen molar-refractivity contribution in [2.45, 2.75) is 82.5 Å². The lowest BCUT2D eigenvalue weighted by molar-refractivity contribution is 0.0546. The van der Waals surface area contributed by atoms with Crippen LogP contribution in [-0.4, -0.2) is 48.7 Å². The minimum atomic E-state index is -1.29. The van der Waals surface area contributed by atoms with Crippen molar-refractivity contribution in [3.63, 3.8) is 0 Å². The van der Waals surface area contributed by atoms with E-state index in [1.807, 2.05) is 13.0 Å². The van der Waals surface area contributed by atoms with Crippen LogP contribution in [0.15, 0.2) is 24.5 Å². The molecular weight excluding hydrogens is 425 g/mol. The topological polar surface area (TPSA) is 109 Å². The molecule has 1 amide bonds. The molecule has 2 aliphatic rings. The first-order chi connectivity index (χ1) is 15.6. The van der Waals surface area contributed by atoms with Gasteiger partial charge in [-0.05, 0) is 38.7 Å². The number of amides is 1. The number of alkyl carbamates (subject to hydrolysis) is 1. The molecule has 2 aliphatic carbocycles. The Morgan fingerprint density at radius 3 is 2.82 bits per heavy atom. The molecule has 33 heavy (non-hydrogen) atoms. The minimum Gasteiger partial charge on any atom is -0.443 e. The molecule has 0 aromatic carbocycles. The molecule has 5 rings (SSSR count). The summed E-state index contributed by atoms with van der Waals surface area (Å²) in [5.41, 5.74) is 2.18. The van der Waals surface area contributed by atoms with Gasteiger partial charge in [0, 0.05) is 41.0 Å². The summed E-state index contributed by atoms with van der Waals surface area (Å²) in [4.78, 5) is 16.5. The molecule has 0 aliphatic heterocycles. The minimum absolute atomic E-state index is 0.0900. The molecule has 3 N–H and O–H groups in total. The zero-order valence-corrected chi connectivity index (χ0v) is 19.4. The highest BCUT2D eigenvalue weighted by molar-refractivity contribution is 5.72. The second-order valence-electron chi connectivity index (χ2n) is 10.5. The average Bonchev–Trinajstić information content (AvgIpc) is 3.13. The fourth-order valence-corrected chi connectivity index (χ4v) is 4.19. The first-order valence-electron chi connectivity index (χ1n) is 11.4. The maximum absolute atomic E-state index is 15.1. The van der Waals surface area contributed by atoms with Gasteiger partial charge in [-0.2, -0.15) is 10.2 Å². The summed E-state index contributed by atoms with van der Waals surface area (Å²) < 4.78 is 22.3. The van der Waals surface area contributed by atoms with Gasteiger partial charge in [0.25, 0.3) is 0 Å². The first-order valence-corrected chi connectivity index (χ1v) is 11.4. The van der Waals surface area contributed by atoms with Crippen molar-refractivity contribution in [1.29, 1.82) is 0 Å². The Morgan fingerprint density at radius 2 is 2.09 bits per heavy atom. The van der Waals surface area contributed by atoms with Crippen molar-refractivity contribution >= 4 is 23.2 Å². The van der Waals surface area contributed by atoms with Gasteiger partial charge in [0.15, 0.2) is 11.6 Å². The maximum atomic E-state index is 15.1. The number of aromatic amines is 1. The summed E-state index contributed by atoms with van der Waals surface area (Å²) in [6, 6.07) is 3.80. The predicted octanol–water partition coefficient (Wildman–Crippen LogP) is 4.36. The number of halogens is 1. The lowest BCUT2D eigenvalue weighted by atomic mass is 9.92. The number of hydrogen-bond acceptors (Lipinski definition) is 6. The summed E-state index contributed by atoms with van der Waals surface area (Å²) in [6.45, 7) is 8.28. The number of ether oxygens (including phenoxy) is 1. The fourth-order valence-electron chi connectivity index (χ4n) is 4.19. The van der Waals surface area contributed by atoms with E-state index in [9.17, 15) is 4.79 Å². The van der Waals surface area contributed by atoms with Gasteiger partial charge >= 0.3 is 6.09 Å². The Morgan fingerprint density at radius 1 is 1.30 bits per heavy atom. The number of rotatable bonds is 5. The summed E-state index contributed by atoms with van der Waals surface area (Å²) >= 11 is 0. The van der Waals surface area contributed by atoms with Gasteiger partial charge in [-0.3, -0.25) is 5.10 Å². The average molecular weight is 456 g/mol. The second kappa shape index (κ2) is 7.71. The molecule has 9 nitrogen and oxygen atoms in total. The van der Waals surface area contributed by atoms with E-state index in [2.05, 4.69) is 51.7 Å². The molecule has 0 radical (unpaired) electrons. The number of aromatic nitrogens is 5. The Hall–Kier alpha value is -3.17. The number of H-pyrrole nitrogens is 1. The molecule has 10 heteroatoms. The van der Waals surface area contributed by atoms with E-state index in [0.29, 0.717) is 30.2 Å². The first kappa shape index (κ1) is 21.7. The monoisotopic (exact) mass is 455 g/mol. The highest BCUT2D eigenvalue weighted by atomic mass is 19.1. The number of alkyl halides is 1. The number of nitrogens with zero attached hydrogens (tertiary/aromatic N) is 4. The van der Waals surface area contributed by atoms with Crippen LogP contribution in [0.5, 0.6) is 0 Å². The van der Waals surface area contributed by atoms with Gasteiger partial charge in [0.1, 0.15) is 17.8 Å². The smallest absolute Gasteiger partial charge is 0.407 e. The summed E-state index contributed by atoms with van der Waals surface area (Å²) in [7, 11) is 0. The van der Waals surface area contributed by atoms with Gasteiger partial charge in [-0.25, -0.2) is 18.7 Å². The van der Waals surface area contributed by atoms with E-state index in [1.54, 1.807) is 23.0 Å². The van der Waals surface area contributed by atoms with Crippen LogP contribution in [0.4, 0.5) is 20.8 Å². The Kier molecular flexibility index (Phi) is 5.06. The van der Waals surface area contributed by atoms with Gasteiger partial charge in [0.05, 0.1) is 5.69 Å². The summed E-state index contributed by atoms with van der Waals surface area (Å²) in [6.07, 6.45) is 3.80. The van der Waals surface area contributed by atoms with Crippen LogP contribution in [0.2, 0.25) is 0 Å². The molecule has 0 bridgehead atoms. The number of nitrogens with one attached hydrogen (secondary N) is 3. The van der Waals surface area contributed by atoms with Gasteiger partial charge in [0.2, 0.25) is 0 Å². The van der Waals surface area contributed by atoms with E-state index in [0.717, 1.165) is 24.1 Å². The van der Waals surface area contributed by atoms with Crippen molar-refractivity contribution in [1.82, 2.24) is 30.1 Å². The lowest BCUT2D eigenvalue weighted by Gasteiger charge is -2.19. The third-order valence-electron chi connectivity index (χ3n) is 6.57. The number of hydrogen-bond donors (Lipinski definition) is 3. The van der Waals surface area contributed by atoms with Crippen molar-refractivity contribution in [2.24, 2.45) is 0 Å². The van der Waals surface area contributed by atoms with Crippen LogP contribution in [0.25, 0.3) is 5.52 Å². The van der Waals surface area contributed by atoms with Crippen LogP contribution >= 0.6 is 0 Å². The van der Waals surface area contributed by atoms with E-state index in [-0.39, 0.29) is 11.0 Å². The number of carbonyl (C=O) groups excluding carboxylic acids is 1. The lowest BCUT2D eigenvalue weighted by Crippen LogP contribution is -2.38. The second-order valence-corrected chi connectivity index (χ2v) is 10.5. The van der Waals surface area contributed by atoms with E-state index < -0.39 is 24.3 Å². The van der Waals surface area contributed by atoms with Crippen LogP contribution in [0.3, 0.4) is 0 Å². The van der Waals surface area contributed by atoms with Crippen molar-refractivity contribution in [3.8, 4) is 0 Å². The molecule has 3 aromatic rings. The standard InChI is InChI=1S/C23H30FN7O2/c1-22(2,3)17-12-15-20(25-9-10-31(15)30-17)26-18-11-14(28-29-18)13-5-6-16(19(13)24)33-21(32)27-23(4)7-8-23/h9-13,16,19H,5-8H2,1-4H3,(H,27,32)(H2,25,26,28,29)/t13-,16-,19-/m1/s1. The summed E-state index contributed by atoms with van der Waals surface area (Å²) in [5.74, 6) is 0.752. The SMILES string of the molecule is CC1(NC(=O)O[C@@H]2CC[C@H](c3cc(Nc4nccn5nc(C(C)(C)C)cc45)n[nH]3)[C@H]2F)CC1. The van der Waals surface area contributed by atoms with Gasteiger partial charge in [-0.15, -0.1) is 0 Å². The number of carbonyl (C=O) groups is 1. The zero-order chi connectivity index (χ0) is 23.4. The predicted molar refractivity (Wildman–Crippen MR) is 121 cm³/mol. The Labute approximate surface area is 191 Å². The van der Waals surface area contributed by atoms with E-state index in [1.165, 1.54) is 0 Å². The summed E-state index contributed by atoms with van der Waals surface area (Å²) in [5, 5.41) is 17.9. The highest BCUT2D eigenvalue weighted by Crippen LogP contribution is 2.39. The van der Waals surface area contributed by atoms with Gasteiger partial charge in [-0.1, -0.05) is 20.8 Å². The Bertz CT molecular complexity index is 1180.